The molecule has 104 valence electrons. The molecule has 0 fully saturated rings. The molecule has 18 heavy (non-hydrogen) atoms. The summed E-state index contributed by atoms with van der Waals surface area (Å²) < 4.78 is 64.1. The Bertz CT molecular complexity index is 373. The zero-order valence-electron chi connectivity index (χ0n) is 9.47. The minimum atomic E-state index is -4.63. The molecular formula is C11H13ClF5N. The molecule has 0 aromatic heterocycles. The maximum absolute atomic E-state index is 12.9. The number of hydrogen-bond acceptors (Lipinski definition) is 1. The molecule has 2 atom stereocenters. The van der Waals surface area contributed by atoms with Crippen molar-refractivity contribution in [3.05, 3.63) is 35.4 Å². The second kappa shape index (κ2) is 6.33. The SMILES string of the molecule is CC[C@@H](N)[C@@H](c1cc(F)cc(F)c1)C(F)(F)F.Cl. The summed E-state index contributed by atoms with van der Waals surface area (Å²) in [5.41, 5.74) is 4.89. The Morgan fingerprint density at radius 3 is 1.89 bits per heavy atom. The van der Waals surface area contributed by atoms with Gasteiger partial charge in [-0.1, -0.05) is 6.92 Å². The van der Waals surface area contributed by atoms with E-state index in [1.165, 1.54) is 6.92 Å². The molecule has 0 aliphatic heterocycles. The maximum Gasteiger partial charge on any atom is 0.397 e. The fraction of sp³-hybridized carbons (Fsp3) is 0.455. The van der Waals surface area contributed by atoms with Crippen LogP contribution in [0.5, 0.6) is 0 Å². The molecule has 0 spiro atoms. The molecule has 0 unspecified atom stereocenters. The van der Waals surface area contributed by atoms with E-state index < -0.39 is 35.3 Å². The van der Waals surface area contributed by atoms with E-state index in [1.54, 1.807) is 0 Å². The average Bonchev–Trinajstić information content (AvgIpc) is 2.13. The predicted molar refractivity (Wildman–Crippen MR) is 60.7 cm³/mol. The van der Waals surface area contributed by atoms with Gasteiger partial charge < -0.3 is 5.73 Å². The van der Waals surface area contributed by atoms with E-state index in [0.29, 0.717) is 18.2 Å². The van der Waals surface area contributed by atoms with Crippen LogP contribution < -0.4 is 5.73 Å². The normalized spacial score (nSPS) is 14.8. The minimum absolute atomic E-state index is 0. The first-order valence-electron chi connectivity index (χ1n) is 5.04. The third-order valence-corrected chi connectivity index (χ3v) is 2.50. The summed E-state index contributed by atoms with van der Waals surface area (Å²) >= 11 is 0. The van der Waals surface area contributed by atoms with Gasteiger partial charge in [0, 0.05) is 12.1 Å². The smallest absolute Gasteiger partial charge is 0.327 e. The number of benzene rings is 1. The second-order valence-corrected chi connectivity index (χ2v) is 3.79. The molecule has 7 heteroatoms. The van der Waals surface area contributed by atoms with Crippen molar-refractivity contribution in [3.63, 3.8) is 0 Å². The van der Waals surface area contributed by atoms with Crippen molar-refractivity contribution in [1.82, 2.24) is 0 Å². The van der Waals surface area contributed by atoms with Gasteiger partial charge in [0.25, 0.3) is 0 Å². The lowest BCUT2D eigenvalue weighted by Crippen LogP contribution is -2.37. The lowest BCUT2D eigenvalue weighted by atomic mass is 9.89. The molecule has 0 saturated carbocycles. The van der Waals surface area contributed by atoms with Gasteiger partial charge in [-0.2, -0.15) is 13.2 Å². The van der Waals surface area contributed by atoms with E-state index in [0.717, 1.165) is 0 Å². The minimum Gasteiger partial charge on any atom is -0.327 e. The highest BCUT2D eigenvalue weighted by atomic mass is 35.5. The highest BCUT2D eigenvalue weighted by Gasteiger charge is 2.44. The van der Waals surface area contributed by atoms with Gasteiger partial charge in [0.15, 0.2) is 0 Å². The Morgan fingerprint density at radius 1 is 1.11 bits per heavy atom. The summed E-state index contributed by atoms with van der Waals surface area (Å²) in [4.78, 5) is 0. The summed E-state index contributed by atoms with van der Waals surface area (Å²) in [7, 11) is 0. The molecule has 1 aromatic rings. The van der Waals surface area contributed by atoms with Crippen molar-refractivity contribution in [1.29, 1.82) is 0 Å². The maximum atomic E-state index is 12.9. The van der Waals surface area contributed by atoms with Gasteiger partial charge in [0.2, 0.25) is 0 Å². The molecule has 0 amide bonds. The van der Waals surface area contributed by atoms with Gasteiger partial charge in [0.1, 0.15) is 11.6 Å². The topological polar surface area (TPSA) is 26.0 Å². The molecule has 0 aliphatic rings. The molecule has 1 aromatic carbocycles. The van der Waals surface area contributed by atoms with Crippen molar-refractivity contribution in [3.8, 4) is 0 Å². The summed E-state index contributed by atoms with van der Waals surface area (Å²) in [6, 6.07) is 0.623. The van der Waals surface area contributed by atoms with Crippen LogP contribution in [0.2, 0.25) is 0 Å². The molecule has 0 aliphatic carbocycles. The number of alkyl halides is 3. The van der Waals surface area contributed by atoms with Crippen LogP contribution in [0.1, 0.15) is 24.8 Å². The molecule has 2 N–H and O–H groups in total. The molecule has 1 rings (SSSR count). The van der Waals surface area contributed by atoms with Gasteiger partial charge in [-0.3, -0.25) is 0 Å². The first kappa shape index (κ1) is 17.1. The van der Waals surface area contributed by atoms with E-state index in [4.69, 9.17) is 5.73 Å². The Hall–Kier alpha value is -0.880. The number of nitrogens with two attached hydrogens (primary N) is 1. The molecule has 0 heterocycles. The molecule has 0 saturated heterocycles. The van der Waals surface area contributed by atoms with Crippen molar-refractivity contribution in [2.75, 3.05) is 0 Å². The Kier molecular flexibility index (Phi) is 6.02. The van der Waals surface area contributed by atoms with Crippen molar-refractivity contribution in [2.24, 2.45) is 5.73 Å². The van der Waals surface area contributed by atoms with Gasteiger partial charge in [-0.15, -0.1) is 12.4 Å². The van der Waals surface area contributed by atoms with Crippen LogP contribution in [0.4, 0.5) is 22.0 Å². The number of rotatable bonds is 3. The summed E-state index contributed by atoms with van der Waals surface area (Å²) in [6.45, 7) is 1.49. The molecule has 1 nitrogen and oxygen atoms in total. The molecular weight excluding hydrogens is 277 g/mol. The lowest BCUT2D eigenvalue weighted by Gasteiger charge is -2.25. The molecule has 0 bridgehead atoms. The Labute approximate surface area is 108 Å². The lowest BCUT2D eigenvalue weighted by molar-refractivity contribution is -0.155. The second-order valence-electron chi connectivity index (χ2n) is 3.79. The number of hydrogen-bond donors (Lipinski definition) is 1. The standard InChI is InChI=1S/C11H12F5N.ClH/c1-2-9(17)10(11(14,15)16)6-3-7(12)5-8(13)4-6;/h3-5,9-10H,2,17H2,1H3;1H/t9-,10-;/m1./s1. The Balaban J connectivity index is 0.00000289. The highest BCUT2D eigenvalue weighted by molar-refractivity contribution is 5.85. The van der Waals surface area contributed by atoms with Crippen molar-refractivity contribution < 1.29 is 22.0 Å². The van der Waals surface area contributed by atoms with E-state index >= 15 is 0 Å². The third kappa shape index (κ3) is 4.10. The fourth-order valence-corrected chi connectivity index (χ4v) is 1.67. The number of halogens is 6. The van der Waals surface area contributed by atoms with E-state index in [-0.39, 0.29) is 18.8 Å². The largest absolute Gasteiger partial charge is 0.397 e. The average molecular weight is 290 g/mol. The fourth-order valence-electron chi connectivity index (χ4n) is 1.67. The van der Waals surface area contributed by atoms with Gasteiger partial charge >= 0.3 is 6.18 Å². The first-order valence-corrected chi connectivity index (χ1v) is 5.04. The van der Waals surface area contributed by atoms with Crippen LogP contribution >= 0.6 is 12.4 Å². The zero-order valence-corrected chi connectivity index (χ0v) is 10.3. The predicted octanol–water partition coefficient (Wildman–Crippen LogP) is 3.77. The van der Waals surface area contributed by atoms with Crippen LogP contribution in [-0.2, 0) is 0 Å². The summed E-state index contributed by atoms with van der Waals surface area (Å²) in [6.07, 6.45) is -4.57. The van der Waals surface area contributed by atoms with E-state index in [1.807, 2.05) is 0 Å². The van der Waals surface area contributed by atoms with E-state index in [2.05, 4.69) is 0 Å². The quantitative estimate of drug-likeness (QED) is 0.842. The van der Waals surface area contributed by atoms with Crippen LogP contribution in [-0.4, -0.2) is 12.2 Å². The monoisotopic (exact) mass is 289 g/mol. The first-order chi connectivity index (χ1) is 7.75. The van der Waals surface area contributed by atoms with Gasteiger partial charge in [-0.05, 0) is 24.1 Å². The van der Waals surface area contributed by atoms with Gasteiger partial charge in [-0.25, -0.2) is 8.78 Å². The van der Waals surface area contributed by atoms with Crippen LogP contribution in [0.25, 0.3) is 0 Å². The van der Waals surface area contributed by atoms with Gasteiger partial charge in [0.05, 0.1) is 5.92 Å². The Morgan fingerprint density at radius 2 is 1.56 bits per heavy atom. The zero-order chi connectivity index (χ0) is 13.2. The van der Waals surface area contributed by atoms with Crippen LogP contribution in [0.3, 0.4) is 0 Å². The van der Waals surface area contributed by atoms with Crippen LogP contribution in [0.15, 0.2) is 18.2 Å². The molecule has 0 radical (unpaired) electrons. The summed E-state index contributed by atoms with van der Waals surface area (Å²) in [5.74, 6) is -4.15. The third-order valence-electron chi connectivity index (χ3n) is 2.50. The van der Waals surface area contributed by atoms with E-state index in [9.17, 15) is 22.0 Å². The summed E-state index contributed by atoms with van der Waals surface area (Å²) in [5, 5.41) is 0. The van der Waals surface area contributed by atoms with Crippen molar-refractivity contribution in [2.45, 2.75) is 31.5 Å². The van der Waals surface area contributed by atoms with Crippen molar-refractivity contribution >= 4 is 12.4 Å². The van der Waals surface area contributed by atoms with Crippen LogP contribution in [0, 0.1) is 11.6 Å². The highest BCUT2D eigenvalue weighted by Crippen LogP contribution is 2.38.